The van der Waals surface area contributed by atoms with Crippen molar-refractivity contribution in [3.05, 3.63) is 65.2 Å². The zero-order valence-electron chi connectivity index (χ0n) is 16.4. The second-order valence-corrected chi connectivity index (χ2v) is 6.81. The standard InChI is InChI=1S/C21H23F2N3O4/c1-29-21(28)16-8-7-15(18-12-26(10-9-24-18)13-19(22)23)11-17(16)25-30-20(27)14-5-3-2-4-6-14/h2-8,11,18-19,24-25H,9-10,12-13H2,1H3. The molecule has 9 heteroatoms. The van der Waals surface area contributed by atoms with Gasteiger partial charge in [-0.15, -0.1) is 0 Å². The van der Waals surface area contributed by atoms with E-state index in [0.29, 0.717) is 25.2 Å². The smallest absolute Gasteiger partial charge is 0.362 e. The number of hydrogen-bond acceptors (Lipinski definition) is 7. The maximum absolute atomic E-state index is 12.7. The quantitative estimate of drug-likeness (QED) is 0.528. The van der Waals surface area contributed by atoms with Crippen LogP contribution in [0.25, 0.3) is 0 Å². The first kappa shape index (κ1) is 21.7. The van der Waals surface area contributed by atoms with Crippen molar-refractivity contribution < 1.29 is 27.9 Å². The molecule has 0 spiro atoms. The molecule has 0 bridgehead atoms. The van der Waals surface area contributed by atoms with Gasteiger partial charge in [-0.25, -0.2) is 23.9 Å². The van der Waals surface area contributed by atoms with Gasteiger partial charge in [0.1, 0.15) is 0 Å². The Bertz CT molecular complexity index is 880. The highest BCUT2D eigenvalue weighted by Crippen LogP contribution is 2.25. The Balaban J connectivity index is 1.78. The monoisotopic (exact) mass is 419 g/mol. The van der Waals surface area contributed by atoms with Gasteiger partial charge in [-0.2, -0.15) is 0 Å². The second kappa shape index (κ2) is 10.1. The summed E-state index contributed by atoms with van der Waals surface area (Å²) in [7, 11) is 1.25. The third kappa shape index (κ3) is 5.52. The molecule has 30 heavy (non-hydrogen) atoms. The van der Waals surface area contributed by atoms with Crippen molar-refractivity contribution in [2.75, 3.05) is 38.8 Å². The van der Waals surface area contributed by atoms with Crippen LogP contribution in [0.15, 0.2) is 48.5 Å². The van der Waals surface area contributed by atoms with Crippen LogP contribution < -0.4 is 10.8 Å². The summed E-state index contributed by atoms with van der Waals surface area (Å²) in [5.41, 5.74) is 4.08. The largest absolute Gasteiger partial charge is 0.465 e. The first-order chi connectivity index (χ1) is 14.5. The fourth-order valence-electron chi connectivity index (χ4n) is 3.28. The number of methoxy groups -OCH3 is 1. The molecule has 7 nitrogen and oxygen atoms in total. The first-order valence-corrected chi connectivity index (χ1v) is 9.46. The molecule has 2 aromatic rings. The zero-order chi connectivity index (χ0) is 21.5. The van der Waals surface area contributed by atoms with E-state index in [1.807, 2.05) is 0 Å². The third-order valence-electron chi connectivity index (χ3n) is 4.77. The summed E-state index contributed by atoms with van der Waals surface area (Å²) in [6, 6.07) is 13.1. The minimum absolute atomic E-state index is 0.183. The van der Waals surface area contributed by atoms with Gasteiger partial charge in [-0.05, 0) is 29.8 Å². The number of esters is 1. The Morgan fingerprint density at radius 2 is 1.97 bits per heavy atom. The Morgan fingerprint density at radius 3 is 2.67 bits per heavy atom. The van der Waals surface area contributed by atoms with Crippen molar-refractivity contribution in [1.82, 2.24) is 10.2 Å². The highest BCUT2D eigenvalue weighted by molar-refractivity contribution is 5.96. The van der Waals surface area contributed by atoms with Crippen LogP contribution in [-0.4, -0.2) is 56.6 Å². The molecule has 0 radical (unpaired) electrons. The van der Waals surface area contributed by atoms with Crippen molar-refractivity contribution in [3.63, 3.8) is 0 Å². The van der Waals surface area contributed by atoms with Gasteiger partial charge >= 0.3 is 11.9 Å². The molecule has 2 N–H and O–H groups in total. The van der Waals surface area contributed by atoms with Crippen LogP contribution >= 0.6 is 0 Å². The molecule has 1 saturated heterocycles. The SMILES string of the molecule is COC(=O)c1ccc(C2CN(CC(F)F)CCN2)cc1NOC(=O)c1ccccc1. The normalized spacial score (nSPS) is 16.9. The number of halogens is 2. The third-order valence-corrected chi connectivity index (χ3v) is 4.77. The second-order valence-electron chi connectivity index (χ2n) is 6.81. The first-order valence-electron chi connectivity index (χ1n) is 9.46. The summed E-state index contributed by atoms with van der Waals surface area (Å²) < 4.78 is 30.3. The number of nitrogens with zero attached hydrogens (tertiary/aromatic N) is 1. The number of carbonyl (C=O) groups excluding carboxylic acids is 2. The molecule has 1 aliphatic rings. The van der Waals surface area contributed by atoms with Crippen LogP contribution in [-0.2, 0) is 9.57 Å². The number of carbonyl (C=O) groups is 2. The minimum Gasteiger partial charge on any atom is -0.465 e. The van der Waals surface area contributed by atoms with Crippen molar-refractivity contribution in [2.24, 2.45) is 0 Å². The summed E-state index contributed by atoms with van der Waals surface area (Å²) in [5, 5.41) is 3.28. The van der Waals surface area contributed by atoms with E-state index in [0.717, 1.165) is 5.56 Å². The van der Waals surface area contributed by atoms with Gasteiger partial charge in [0.25, 0.3) is 6.43 Å². The Morgan fingerprint density at radius 1 is 1.20 bits per heavy atom. The minimum atomic E-state index is -2.40. The highest BCUT2D eigenvalue weighted by atomic mass is 19.3. The molecular weight excluding hydrogens is 396 g/mol. The number of nitrogens with one attached hydrogen (secondary N) is 2. The van der Waals surface area contributed by atoms with Crippen LogP contribution in [0.3, 0.4) is 0 Å². The van der Waals surface area contributed by atoms with E-state index in [2.05, 4.69) is 10.8 Å². The van der Waals surface area contributed by atoms with Gasteiger partial charge in [0.05, 0.1) is 30.5 Å². The van der Waals surface area contributed by atoms with Gasteiger partial charge in [0.2, 0.25) is 0 Å². The molecule has 1 fully saturated rings. The molecule has 1 heterocycles. The molecule has 0 saturated carbocycles. The van der Waals surface area contributed by atoms with E-state index in [1.54, 1.807) is 53.4 Å². The average Bonchev–Trinajstić information content (AvgIpc) is 2.77. The number of alkyl halides is 2. The molecule has 160 valence electrons. The topological polar surface area (TPSA) is 79.9 Å². The van der Waals surface area contributed by atoms with Crippen LogP contribution in [0.4, 0.5) is 14.5 Å². The lowest BCUT2D eigenvalue weighted by molar-refractivity contribution is 0.0571. The summed E-state index contributed by atoms with van der Waals surface area (Å²) in [5.74, 6) is -1.22. The number of hydrogen-bond donors (Lipinski definition) is 2. The Kier molecular flexibility index (Phi) is 7.31. The zero-order valence-corrected chi connectivity index (χ0v) is 16.4. The lowest BCUT2D eigenvalue weighted by Crippen LogP contribution is -2.47. The van der Waals surface area contributed by atoms with E-state index in [9.17, 15) is 18.4 Å². The van der Waals surface area contributed by atoms with Gasteiger partial charge in [0, 0.05) is 25.7 Å². The molecule has 1 atom stereocenters. The number of anilines is 1. The molecule has 2 aromatic carbocycles. The van der Waals surface area contributed by atoms with Crippen LogP contribution in [0, 0.1) is 0 Å². The molecule has 0 aliphatic carbocycles. The molecule has 3 rings (SSSR count). The Labute approximate surface area is 172 Å². The average molecular weight is 419 g/mol. The molecular formula is C21H23F2N3O4. The maximum atomic E-state index is 12.7. The molecule has 0 amide bonds. The summed E-state index contributed by atoms with van der Waals surface area (Å²) in [4.78, 5) is 31.1. The number of ether oxygens (including phenoxy) is 1. The lowest BCUT2D eigenvalue weighted by atomic mass is 10.0. The van der Waals surface area contributed by atoms with E-state index in [1.165, 1.54) is 7.11 Å². The number of rotatable bonds is 7. The van der Waals surface area contributed by atoms with E-state index < -0.39 is 18.4 Å². The fraction of sp³-hybridized carbons (Fsp3) is 0.333. The predicted octanol–water partition coefficient (Wildman–Crippen LogP) is 2.87. The van der Waals surface area contributed by atoms with Crippen molar-refractivity contribution in [1.29, 1.82) is 0 Å². The van der Waals surface area contributed by atoms with Crippen molar-refractivity contribution in [3.8, 4) is 0 Å². The van der Waals surface area contributed by atoms with E-state index in [4.69, 9.17) is 9.57 Å². The fourth-order valence-corrected chi connectivity index (χ4v) is 3.28. The van der Waals surface area contributed by atoms with Gasteiger partial charge in [-0.1, -0.05) is 24.3 Å². The number of benzene rings is 2. The summed E-state index contributed by atoms with van der Waals surface area (Å²) in [6.07, 6.45) is -2.40. The van der Waals surface area contributed by atoms with Crippen LogP contribution in [0.1, 0.15) is 32.3 Å². The van der Waals surface area contributed by atoms with Gasteiger partial charge in [0.15, 0.2) is 0 Å². The Hall–Kier alpha value is -3.04. The summed E-state index contributed by atoms with van der Waals surface area (Å²) in [6.45, 7) is 1.19. The maximum Gasteiger partial charge on any atom is 0.362 e. The predicted molar refractivity (Wildman–Crippen MR) is 106 cm³/mol. The van der Waals surface area contributed by atoms with Crippen molar-refractivity contribution >= 4 is 17.6 Å². The van der Waals surface area contributed by atoms with E-state index in [-0.39, 0.29) is 23.8 Å². The van der Waals surface area contributed by atoms with Gasteiger partial charge < -0.3 is 14.9 Å². The highest BCUT2D eigenvalue weighted by Gasteiger charge is 2.24. The van der Waals surface area contributed by atoms with Gasteiger partial charge in [-0.3, -0.25) is 4.90 Å². The number of piperazine rings is 1. The summed E-state index contributed by atoms with van der Waals surface area (Å²) >= 11 is 0. The van der Waals surface area contributed by atoms with E-state index >= 15 is 0 Å². The van der Waals surface area contributed by atoms with Crippen LogP contribution in [0.2, 0.25) is 0 Å². The molecule has 1 unspecified atom stereocenters. The van der Waals surface area contributed by atoms with Crippen LogP contribution in [0.5, 0.6) is 0 Å². The van der Waals surface area contributed by atoms with Crippen molar-refractivity contribution in [2.45, 2.75) is 12.5 Å². The molecule has 1 aliphatic heterocycles. The molecule has 0 aromatic heterocycles. The lowest BCUT2D eigenvalue weighted by Gasteiger charge is -2.34.